The first-order chi connectivity index (χ1) is 8.08. The van der Waals surface area contributed by atoms with Crippen LogP contribution in [-0.2, 0) is 0 Å². The van der Waals surface area contributed by atoms with E-state index in [4.69, 9.17) is 5.73 Å². The fraction of sp³-hybridized carbons (Fsp3) is 0. The van der Waals surface area contributed by atoms with Crippen molar-refractivity contribution in [2.75, 3.05) is 5.73 Å². The molecule has 0 fully saturated rings. The zero-order valence-corrected chi connectivity index (χ0v) is 10.7. The van der Waals surface area contributed by atoms with E-state index in [2.05, 4.69) is 25.9 Å². The van der Waals surface area contributed by atoms with Gasteiger partial charge in [0.15, 0.2) is 11.6 Å². The Balaban J connectivity index is 2.31. The Labute approximate surface area is 109 Å². The Bertz CT molecular complexity index is 565. The molecule has 1 aromatic carbocycles. The molecule has 7 heteroatoms. The summed E-state index contributed by atoms with van der Waals surface area (Å²) in [5.74, 6) is -1.48. The van der Waals surface area contributed by atoms with Crippen LogP contribution in [0.3, 0.4) is 0 Å². The van der Waals surface area contributed by atoms with Gasteiger partial charge >= 0.3 is 0 Å². The third-order valence-electron chi connectivity index (χ3n) is 1.89. The molecule has 1 heterocycles. The first kappa shape index (κ1) is 12.3. The van der Waals surface area contributed by atoms with Crippen molar-refractivity contribution < 1.29 is 8.78 Å². The van der Waals surface area contributed by atoms with Crippen molar-refractivity contribution in [3.63, 3.8) is 0 Å². The summed E-state index contributed by atoms with van der Waals surface area (Å²) in [5, 5.41) is 0.545. The van der Waals surface area contributed by atoms with Crippen molar-refractivity contribution in [2.45, 2.75) is 9.92 Å². The lowest BCUT2D eigenvalue weighted by Crippen LogP contribution is -1.94. The summed E-state index contributed by atoms with van der Waals surface area (Å²) in [7, 11) is 0. The maximum Gasteiger partial charge on any atom is 0.159 e. The molecule has 0 spiro atoms. The Morgan fingerprint density at radius 3 is 2.65 bits per heavy atom. The Kier molecular flexibility index (Phi) is 3.58. The number of aromatic nitrogens is 2. The SMILES string of the molecule is Nc1ncnc(Sc2ccc(F)c(F)c2)c1Br. The fourth-order valence-electron chi connectivity index (χ4n) is 1.09. The summed E-state index contributed by atoms with van der Waals surface area (Å²) in [6.45, 7) is 0. The molecule has 1 aromatic heterocycles. The standard InChI is InChI=1S/C10H6BrF2N3S/c11-8-9(14)15-4-16-10(8)17-5-1-2-6(12)7(13)3-5/h1-4H,(H2,14,15,16). The Morgan fingerprint density at radius 1 is 1.18 bits per heavy atom. The molecule has 0 aliphatic rings. The zero-order chi connectivity index (χ0) is 12.4. The van der Waals surface area contributed by atoms with Gasteiger partial charge in [-0.25, -0.2) is 18.7 Å². The molecule has 0 aliphatic carbocycles. The minimum absolute atomic E-state index is 0.296. The smallest absolute Gasteiger partial charge is 0.159 e. The number of nitrogen functional groups attached to an aromatic ring is 1. The van der Waals surface area contributed by atoms with Gasteiger partial charge < -0.3 is 5.73 Å². The molecule has 3 nitrogen and oxygen atoms in total. The van der Waals surface area contributed by atoms with Crippen LogP contribution in [-0.4, -0.2) is 9.97 Å². The molecule has 88 valence electrons. The number of nitrogens with two attached hydrogens (primary N) is 1. The van der Waals surface area contributed by atoms with Gasteiger partial charge in [0.2, 0.25) is 0 Å². The highest BCUT2D eigenvalue weighted by Crippen LogP contribution is 2.34. The summed E-state index contributed by atoms with van der Waals surface area (Å²) in [6, 6.07) is 3.63. The molecule has 2 N–H and O–H groups in total. The maximum atomic E-state index is 13.0. The lowest BCUT2D eigenvalue weighted by atomic mass is 10.3. The summed E-state index contributed by atoms with van der Waals surface area (Å²) >= 11 is 4.40. The van der Waals surface area contributed by atoms with E-state index >= 15 is 0 Å². The summed E-state index contributed by atoms with van der Waals surface area (Å²) < 4.78 is 26.3. The van der Waals surface area contributed by atoms with Gasteiger partial charge in [0.1, 0.15) is 17.2 Å². The molecule has 0 saturated carbocycles. The molecular weight excluding hydrogens is 312 g/mol. The second-order valence-electron chi connectivity index (χ2n) is 3.06. The molecule has 0 bridgehead atoms. The van der Waals surface area contributed by atoms with Crippen LogP contribution in [0.15, 0.2) is 38.9 Å². The highest BCUT2D eigenvalue weighted by Gasteiger charge is 2.09. The molecule has 17 heavy (non-hydrogen) atoms. The average Bonchev–Trinajstić information content (AvgIpc) is 2.30. The second-order valence-corrected chi connectivity index (χ2v) is 4.91. The minimum atomic E-state index is -0.895. The molecule has 2 aromatic rings. The van der Waals surface area contributed by atoms with Gasteiger partial charge in [0.25, 0.3) is 0 Å². The average molecular weight is 318 g/mol. The highest BCUT2D eigenvalue weighted by molar-refractivity contribution is 9.10. The van der Waals surface area contributed by atoms with E-state index in [1.165, 1.54) is 24.2 Å². The maximum absolute atomic E-state index is 13.0. The van der Waals surface area contributed by atoms with Crippen LogP contribution in [0.2, 0.25) is 0 Å². The van der Waals surface area contributed by atoms with E-state index in [0.717, 1.165) is 12.1 Å². The topological polar surface area (TPSA) is 51.8 Å². The minimum Gasteiger partial charge on any atom is -0.383 e. The molecule has 0 unspecified atom stereocenters. The Hall–Kier alpha value is -1.21. The predicted molar refractivity (Wildman–Crippen MR) is 64.6 cm³/mol. The largest absolute Gasteiger partial charge is 0.383 e. The van der Waals surface area contributed by atoms with Crippen LogP contribution in [0, 0.1) is 11.6 Å². The monoisotopic (exact) mass is 317 g/mol. The molecule has 0 atom stereocenters. The quantitative estimate of drug-likeness (QED) is 0.864. The molecular formula is C10H6BrF2N3S. The van der Waals surface area contributed by atoms with Crippen LogP contribution < -0.4 is 5.73 Å². The lowest BCUT2D eigenvalue weighted by molar-refractivity contribution is 0.506. The van der Waals surface area contributed by atoms with Crippen molar-refractivity contribution >= 4 is 33.5 Å². The summed E-state index contributed by atoms with van der Waals surface area (Å²) in [4.78, 5) is 8.31. The van der Waals surface area contributed by atoms with Crippen molar-refractivity contribution in [1.82, 2.24) is 9.97 Å². The van der Waals surface area contributed by atoms with Gasteiger partial charge in [0.05, 0.1) is 4.47 Å². The van der Waals surface area contributed by atoms with Gasteiger partial charge in [-0.3, -0.25) is 0 Å². The van der Waals surface area contributed by atoms with E-state index in [1.54, 1.807) is 0 Å². The van der Waals surface area contributed by atoms with Crippen molar-refractivity contribution in [1.29, 1.82) is 0 Å². The van der Waals surface area contributed by atoms with Crippen LogP contribution in [0.1, 0.15) is 0 Å². The number of nitrogens with zero attached hydrogens (tertiary/aromatic N) is 2. The van der Waals surface area contributed by atoms with Crippen molar-refractivity contribution in [3.8, 4) is 0 Å². The van der Waals surface area contributed by atoms with Crippen molar-refractivity contribution in [3.05, 3.63) is 40.6 Å². The first-order valence-corrected chi connectivity index (χ1v) is 6.08. The third-order valence-corrected chi connectivity index (χ3v) is 3.93. The van der Waals surface area contributed by atoms with E-state index in [-0.39, 0.29) is 0 Å². The zero-order valence-electron chi connectivity index (χ0n) is 8.32. The van der Waals surface area contributed by atoms with E-state index in [0.29, 0.717) is 20.2 Å². The lowest BCUT2D eigenvalue weighted by Gasteiger charge is -2.04. The molecule has 0 saturated heterocycles. The Morgan fingerprint density at radius 2 is 1.94 bits per heavy atom. The number of halogens is 3. The highest BCUT2D eigenvalue weighted by atomic mass is 79.9. The van der Waals surface area contributed by atoms with Gasteiger partial charge in [0, 0.05) is 4.90 Å². The van der Waals surface area contributed by atoms with Gasteiger partial charge in [-0.2, -0.15) is 0 Å². The van der Waals surface area contributed by atoms with Crippen molar-refractivity contribution in [2.24, 2.45) is 0 Å². The van der Waals surface area contributed by atoms with E-state index in [9.17, 15) is 8.78 Å². The fourth-order valence-corrected chi connectivity index (χ4v) is 2.35. The van der Waals surface area contributed by atoms with E-state index < -0.39 is 11.6 Å². The van der Waals surface area contributed by atoms with E-state index in [1.807, 2.05) is 0 Å². The summed E-state index contributed by atoms with van der Waals surface area (Å²) in [6.07, 6.45) is 1.31. The third kappa shape index (κ3) is 2.73. The number of hydrogen-bond acceptors (Lipinski definition) is 4. The number of hydrogen-bond donors (Lipinski definition) is 1. The molecule has 0 aliphatic heterocycles. The van der Waals surface area contributed by atoms with Crippen LogP contribution in [0.25, 0.3) is 0 Å². The van der Waals surface area contributed by atoms with Gasteiger partial charge in [-0.1, -0.05) is 11.8 Å². The predicted octanol–water partition coefficient (Wildman–Crippen LogP) is 3.25. The van der Waals surface area contributed by atoms with Crippen LogP contribution in [0.5, 0.6) is 0 Å². The molecule has 0 amide bonds. The number of anilines is 1. The number of rotatable bonds is 2. The molecule has 0 radical (unpaired) electrons. The normalized spacial score (nSPS) is 10.5. The van der Waals surface area contributed by atoms with Crippen LogP contribution >= 0.6 is 27.7 Å². The second kappa shape index (κ2) is 4.97. The molecule has 2 rings (SSSR count). The van der Waals surface area contributed by atoms with Gasteiger partial charge in [-0.15, -0.1) is 0 Å². The van der Waals surface area contributed by atoms with Gasteiger partial charge in [-0.05, 0) is 34.1 Å². The first-order valence-electron chi connectivity index (χ1n) is 4.47. The summed E-state index contributed by atoms with van der Waals surface area (Å²) in [5.41, 5.74) is 5.58. The number of benzene rings is 1. The van der Waals surface area contributed by atoms with Crippen LogP contribution in [0.4, 0.5) is 14.6 Å².